The molecule has 0 aliphatic heterocycles. The van der Waals surface area contributed by atoms with Crippen LogP contribution in [0.25, 0.3) is 0 Å². The molecule has 0 aromatic carbocycles. The van der Waals surface area contributed by atoms with Crippen LogP contribution in [-0.4, -0.2) is 97.7 Å². The summed E-state index contributed by atoms with van der Waals surface area (Å²) in [6.07, 6.45) is -2.97. The second-order valence-corrected chi connectivity index (χ2v) is 4.92. The molecule has 0 fully saturated rings. The highest BCUT2D eigenvalue weighted by Gasteiger charge is 2.25. The summed E-state index contributed by atoms with van der Waals surface area (Å²) in [5.41, 5.74) is 0. The van der Waals surface area contributed by atoms with Crippen molar-refractivity contribution in [3.63, 3.8) is 0 Å². The van der Waals surface area contributed by atoms with Gasteiger partial charge in [-0.05, 0) is 13.8 Å². The second kappa shape index (κ2) is 14.3. The predicted molar refractivity (Wildman–Crippen MR) is 78.7 cm³/mol. The van der Waals surface area contributed by atoms with Crippen molar-refractivity contribution in [2.75, 3.05) is 52.9 Å². The first-order valence-electron chi connectivity index (χ1n) is 7.49. The van der Waals surface area contributed by atoms with E-state index in [-0.39, 0.29) is 33.0 Å². The summed E-state index contributed by atoms with van der Waals surface area (Å²) in [7, 11) is 0. The van der Waals surface area contributed by atoms with Gasteiger partial charge in [-0.2, -0.15) is 0 Å². The Hall–Kier alpha value is -0.320. The quantitative estimate of drug-likeness (QED) is 0.270. The highest BCUT2D eigenvalue weighted by atomic mass is 16.6. The lowest BCUT2D eigenvalue weighted by Gasteiger charge is -2.27. The first-order chi connectivity index (χ1) is 10.5. The van der Waals surface area contributed by atoms with Crippen molar-refractivity contribution >= 4 is 0 Å². The van der Waals surface area contributed by atoms with Gasteiger partial charge in [-0.1, -0.05) is 0 Å². The summed E-state index contributed by atoms with van der Waals surface area (Å²) in [5, 5.41) is 36.9. The summed E-state index contributed by atoms with van der Waals surface area (Å²) >= 11 is 0. The fourth-order valence-electron chi connectivity index (χ4n) is 1.60. The van der Waals surface area contributed by atoms with Crippen LogP contribution in [0.15, 0.2) is 0 Å². The van der Waals surface area contributed by atoms with E-state index in [4.69, 9.17) is 29.2 Å². The van der Waals surface area contributed by atoms with Gasteiger partial charge in [0.1, 0.15) is 12.2 Å². The van der Waals surface area contributed by atoms with Gasteiger partial charge in [-0.3, -0.25) is 0 Å². The van der Waals surface area contributed by atoms with Crippen LogP contribution in [0.3, 0.4) is 0 Å². The molecule has 0 aliphatic rings. The largest absolute Gasteiger partial charge is 0.394 e. The zero-order valence-corrected chi connectivity index (χ0v) is 13.4. The van der Waals surface area contributed by atoms with E-state index in [0.29, 0.717) is 19.8 Å². The van der Waals surface area contributed by atoms with Gasteiger partial charge < -0.3 is 39.4 Å². The molecule has 4 unspecified atom stereocenters. The monoisotopic (exact) mass is 326 g/mol. The number of aliphatic hydroxyl groups excluding tert-OH is 4. The molecule has 22 heavy (non-hydrogen) atoms. The fraction of sp³-hybridized carbons (Fsp3) is 1.00. The minimum absolute atomic E-state index is 0.0194. The third-order valence-electron chi connectivity index (χ3n) is 2.81. The smallest absolute Gasteiger partial charge is 0.109 e. The fourth-order valence-corrected chi connectivity index (χ4v) is 1.60. The van der Waals surface area contributed by atoms with Crippen LogP contribution in [-0.2, 0) is 18.9 Å². The molecule has 8 heteroatoms. The molecule has 0 spiro atoms. The average molecular weight is 326 g/mol. The molecule has 0 bridgehead atoms. The van der Waals surface area contributed by atoms with Crippen LogP contribution in [0.5, 0.6) is 0 Å². The van der Waals surface area contributed by atoms with Crippen molar-refractivity contribution in [2.24, 2.45) is 0 Å². The minimum atomic E-state index is -1.00. The van der Waals surface area contributed by atoms with Gasteiger partial charge in [0.05, 0.1) is 65.1 Å². The van der Waals surface area contributed by atoms with Gasteiger partial charge in [-0.25, -0.2) is 0 Å². The molecule has 0 saturated carbocycles. The number of aliphatic hydroxyl groups is 4. The number of ether oxygens (including phenoxy) is 4. The van der Waals surface area contributed by atoms with E-state index in [9.17, 15) is 10.2 Å². The molecule has 0 amide bonds. The molecule has 0 aromatic rings. The Balaban J connectivity index is 3.76. The summed E-state index contributed by atoms with van der Waals surface area (Å²) in [6.45, 7) is 4.53. The lowest BCUT2D eigenvalue weighted by molar-refractivity contribution is -0.133. The van der Waals surface area contributed by atoms with Gasteiger partial charge >= 0.3 is 0 Å². The van der Waals surface area contributed by atoms with Crippen LogP contribution in [0, 0.1) is 0 Å². The molecule has 0 rings (SSSR count). The molecule has 8 nitrogen and oxygen atoms in total. The van der Waals surface area contributed by atoms with E-state index >= 15 is 0 Å². The van der Waals surface area contributed by atoms with Gasteiger partial charge in [-0.15, -0.1) is 0 Å². The molecule has 4 atom stereocenters. The van der Waals surface area contributed by atoms with Gasteiger partial charge in [0.15, 0.2) is 0 Å². The Morgan fingerprint density at radius 1 is 0.818 bits per heavy atom. The molecular formula is C14H30O8. The average Bonchev–Trinajstić information content (AvgIpc) is 2.50. The van der Waals surface area contributed by atoms with Crippen molar-refractivity contribution in [3.8, 4) is 0 Å². The van der Waals surface area contributed by atoms with Gasteiger partial charge in [0, 0.05) is 0 Å². The maximum atomic E-state index is 10.0. The summed E-state index contributed by atoms with van der Waals surface area (Å²) in [6, 6.07) is 0. The first kappa shape index (κ1) is 21.7. The molecule has 0 saturated heterocycles. The second-order valence-electron chi connectivity index (χ2n) is 4.92. The van der Waals surface area contributed by atoms with Crippen LogP contribution >= 0.6 is 0 Å². The minimum Gasteiger partial charge on any atom is -0.394 e. The molecule has 0 radical (unpaired) electrons. The highest BCUT2D eigenvalue weighted by Crippen LogP contribution is 2.08. The van der Waals surface area contributed by atoms with E-state index in [0.717, 1.165) is 0 Å². The van der Waals surface area contributed by atoms with Crippen molar-refractivity contribution in [1.29, 1.82) is 0 Å². The van der Waals surface area contributed by atoms with Crippen LogP contribution < -0.4 is 0 Å². The molecular weight excluding hydrogens is 296 g/mol. The normalized spacial score (nSPS) is 17.2. The van der Waals surface area contributed by atoms with Crippen molar-refractivity contribution in [2.45, 2.75) is 38.3 Å². The lowest BCUT2D eigenvalue weighted by atomic mass is 10.1. The summed E-state index contributed by atoms with van der Waals surface area (Å²) in [5.74, 6) is 0. The number of rotatable bonds is 15. The topological polar surface area (TPSA) is 118 Å². The Morgan fingerprint density at radius 2 is 1.41 bits per heavy atom. The van der Waals surface area contributed by atoms with Crippen LogP contribution in [0.1, 0.15) is 13.8 Å². The van der Waals surface area contributed by atoms with E-state index < -0.39 is 24.4 Å². The Bertz CT molecular complexity index is 239. The zero-order valence-electron chi connectivity index (χ0n) is 13.4. The zero-order chi connectivity index (χ0) is 16.8. The maximum Gasteiger partial charge on any atom is 0.109 e. The van der Waals surface area contributed by atoms with Gasteiger partial charge in [0.25, 0.3) is 0 Å². The predicted octanol–water partition coefficient (Wildman–Crippen LogP) is -1.46. The van der Waals surface area contributed by atoms with E-state index in [1.54, 1.807) is 13.8 Å². The summed E-state index contributed by atoms with van der Waals surface area (Å²) < 4.78 is 20.9. The van der Waals surface area contributed by atoms with Crippen LogP contribution in [0.4, 0.5) is 0 Å². The Kier molecular flexibility index (Phi) is 14.1. The molecule has 134 valence electrons. The molecule has 0 aromatic heterocycles. The van der Waals surface area contributed by atoms with Crippen molar-refractivity contribution < 1.29 is 39.4 Å². The molecule has 0 heterocycles. The standard InChI is InChI=1S/C14H30O8/c1-11(17)10-22-12(2)14(18)13(9-16)21-8-7-20-6-5-19-4-3-15/h11-18H,3-10H2,1-2H3. The SMILES string of the molecule is CC(O)COC(C)C(O)C(CO)OCCOCCOCCO. The van der Waals surface area contributed by atoms with E-state index in [1.165, 1.54) is 0 Å². The highest BCUT2D eigenvalue weighted by molar-refractivity contribution is 4.74. The number of hydrogen-bond donors (Lipinski definition) is 4. The third kappa shape index (κ3) is 11.3. The first-order valence-corrected chi connectivity index (χ1v) is 7.49. The Labute approximate surface area is 131 Å². The van der Waals surface area contributed by atoms with Gasteiger partial charge in [0.2, 0.25) is 0 Å². The van der Waals surface area contributed by atoms with Crippen molar-refractivity contribution in [3.05, 3.63) is 0 Å². The number of hydrogen-bond acceptors (Lipinski definition) is 8. The maximum absolute atomic E-state index is 10.0. The third-order valence-corrected chi connectivity index (χ3v) is 2.81. The molecule has 4 N–H and O–H groups in total. The molecule has 0 aliphatic carbocycles. The Morgan fingerprint density at radius 3 is 1.95 bits per heavy atom. The van der Waals surface area contributed by atoms with Crippen molar-refractivity contribution in [1.82, 2.24) is 0 Å². The van der Waals surface area contributed by atoms with E-state index in [2.05, 4.69) is 0 Å². The van der Waals surface area contributed by atoms with Crippen LogP contribution in [0.2, 0.25) is 0 Å². The van der Waals surface area contributed by atoms with E-state index in [1.807, 2.05) is 0 Å². The lowest BCUT2D eigenvalue weighted by Crippen LogP contribution is -2.42. The summed E-state index contributed by atoms with van der Waals surface area (Å²) in [4.78, 5) is 0.